The number of nitrogens with zero attached hydrogens (tertiary/aromatic N) is 3. The maximum absolute atomic E-state index is 12.7. The van der Waals surface area contributed by atoms with Crippen molar-refractivity contribution in [2.24, 2.45) is 12.8 Å². The lowest BCUT2D eigenvalue weighted by atomic mass is 10.1. The molecule has 0 aliphatic carbocycles. The van der Waals surface area contributed by atoms with Crippen molar-refractivity contribution in [1.29, 1.82) is 0 Å². The monoisotopic (exact) mass is 366 g/mol. The van der Waals surface area contributed by atoms with Crippen molar-refractivity contribution in [2.45, 2.75) is 19.4 Å². The molecule has 0 saturated heterocycles. The Bertz CT molecular complexity index is 959. The molecule has 1 aromatic heterocycles. The zero-order valence-electron chi connectivity index (χ0n) is 15.7. The Labute approximate surface area is 158 Å². The Hall–Kier alpha value is -2.86. The first-order chi connectivity index (χ1) is 13.1. The third kappa shape index (κ3) is 4.28. The van der Waals surface area contributed by atoms with Crippen molar-refractivity contribution in [1.82, 2.24) is 14.0 Å². The van der Waals surface area contributed by atoms with E-state index in [0.717, 1.165) is 17.5 Å². The first kappa shape index (κ1) is 18.9. The summed E-state index contributed by atoms with van der Waals surface area (Å²) in [7, 11) is 1.75. The third-order valence-electron chi connectivity index (χ3n) is 4.87. The van der Waals surface area contributed by atoms with Crippen LogP contribution in [0.15, 0.2) is 59.4 Å². The van der Waals surface area contributed by atoms with Crippen LogP contribution in [0.25, 0.3) is 11.0 Å². The van der Waals surface area contributed by atoms with Crippen molar-refractivity contribution in [3.63, 3.8) is 0 Å². The van der Waals surface area contributed by atoms with E-state index in [1.807, 2.05) is 42.5 Å². The van der Waals surface area contributed by atoms with Gasteiger partial charge in [0.15, 0.2) is 0 Å². The zero-order valence-corrected chi connectivity index (χ0v) is 15.7. The van der Waals surface area contributed by atoms with Crippen LogP contribution in [0, 0.1) is 0 Å². The van der Waals surface area contributed by atoms with Crippen LogP contribution in [-0.2, 0) is 24.8 Å². The first-order valence-electron chi connectivity index (χ1n) is 9.28. The van der Waals surface area contributed by atoms with Gasteiger partial charge in [0.1, 0.15) is 0 Å². The Balaban J connectivity index is 1.68. The molecular weight excluding hydrogens is 340 g/mol. The molecule has 0 fully saturated rings. The molecule has 2 N–H and O–H groups in total. The molecule has 1 amide bonds. The second-order valence-electron chi connectivity index (χ2n) is 6.64. The predicted octanol–water partition coefficient (Wildman–Crippen LogP) is 1.76. The van der Waals surface area contributed by atoms with Crippen molar-refractivity contribution < 1.29 is 4.79 Å². The standard InChI is InChI=1S/C21H26N4O2/c1-23-18-9-5-6-10-19(18)25(21(23)27)15-12-20(26)24(16-13-22)14-11-17-7-3-2-4-8-17/h2-10H,11-16,22H2,1H3. The normalized spacial score (nSPS) is 11.0. The summed E-state index contributed by atoms with van der Waals surface area (Å²) >= 11 is 0. The van der Waals surface area contributed by atoms with Crippen molar-refractivity contribution in [2.75, 3.05) is 19.6 Å². The van der Waals surface area contributed by atoms with Gasteiger partial charge >= 0.3 is 5.69 Å². The summed E-state index contributed by atoms with van der Waals surface area (Å²) in [6, 6.07) is 17.7. The minimum atomic E-state index is -0.0985. The van der Waals surface area contributed by atoms with E-state index < -0.39 is 0 Å². The molecule has 0 aliphatic heterocycles. The van der Waals surface area contributed by atoms with Gasteiger partial charge in [0.25, 0.3) is 0 Å². The Morgan fingerprint density at radius 2 is 1.67 bits per heavy atom. The molecule has 0 radical (unpaired) electrons. The van der Waals surface area contributed by atoms with Gasteiger partial charge in [0.2, 0.25) is 5.91 Å². The molecule has 0 bridgehead atoms. The highest BCUT2D eigenvalue weighted by Gasteiger charge is 2.15. The topological polar surface area (TPSA) is 73.3 Å². The van der Waals surface area contributed by atoms with Crippen LogP contribution in [0.5, 0.6) is 0 Å². The quantitative estimate of drug-likeness (QED) is 0.660. The number of imidazole rings is 1. The molecule has 2 aromatic carbocycles. The average Bonchev–Trinajstić information content (AvgIpc) is 2.94. The summed E-state index contributed by atoms with van der Waals surface area (Å²) in [4.78, 5) is 27.0. The maximum atomic E-state index is 12.7. The lowest BCUT2D eigenvalue weighted by Crippen LogP contribution is -2.37. The van der Waals surface area contributed by atoms with Gasteiger partial charge in [-0.05, 0) is 24.1 Å². The van der Waals surface area contributed by atoms with Gasteiger partial charge in [-0.3, -0.25) is 13.9 Å². The van der Waals surface area contributed by atoms with Gasteiger partial charge in [-0.25, -0.2) is 4.79 Å². The molecule has 0 spiro atoms. The third-order valence-corrected chi connectivity index (χ3v) is 4.87. The van der Waals surface area contributed by atoms with Gasteiger partial charge in [-0.2, -0.15) is 0 Å². The maximum Gasteiger partial charge on any atom is 0.328 e. The molecule has 0 saturated carbocycles. The largest absolute Gasteiger partial charge is 0.341 e. The number of rotatable bonds is 8. The second kappa shape index (κ2) is 8.68. The highest BCUT2D eigenvalue weighted by molar-refractivity contribution is 5.78. The van der Waals surface area contributed by atoms with Crippen LogP contribution < -0.4 is 11.4 Å². The van der Waals surface area contributed by atoms with E-state index in [0.29, 0.717) is 26.2 Å². The SMILES string of the molecule is Cn1c(=O)n(CCC(=O)N(CCN)CCc2ccccc2)c2ccccc21. The van der Waals surface area contributed by atoms with Crippen LogP contribution in [0.1, 0.15) is 12.0 Å². The lowest BCUT2D eigenvalue weighted by molar-refractivity contribution is -0.131. The smallest absolute Gasteiger partial charge is 0.328 e. The molecule has 142 valence electrons. The highest BCUT2D eigenvalue weighted by atomic mass is 16.2. The van der Waals surface area contributed by atoms with Crippen LogP contribution >= 0.6 is 0 Å². The van der Waals surface area contributed by atoms with Crippen molar-refractivity contribution in [3.05, 3.63) is 70.6 Å². The van der Waals surface area contributed by atoms with E-state index in [4.69, 9.17) is 5.73 Å². The molecule has 0 aliphatic rings. The van der Waals surface area contributed by atoms with Crippen LogP contribution in [0.3, 0.4) is 0 Å². The van der Waals surface area contributed by atoms with Crippen LogP contribution in [0.2, 0.25) is 0 Å². The number of carbonyl (C=O) groups is 1. The molecule has 3 rings (SSSR count). The summed E-state index contributed by atoms with van der Waals surface area (Å²) in [6.07, 6.45) is 1.07. The predicted molar refractivity (Wildman–Crippen MR) is 108 cm³/mol. The van der Waals surface area contributed by atoms with Gasteiger partial charge < -0.3 is 10.6 Å². The van der Waals surface area contributed by atoms with E-state index >= 15 is 0 Å². The summed E-state index contributed by atoms with van der Waals surface area (Å²) < 4.78 is 3.29. The van der Waals surface area contributed by atoms with E-state index in [-0.39, 0.29) is 18.0 Å². The van der Waals surface area contributed by atoms with Crippen LogP contribution in [-0.4, -0.2) is 39.6 Å². The number of fused-ring (bicyclic) bond motifs is 1. The van der Waals surface area contributed by atoms with E-state index in [1.54, 1.807) is 21.1 Å². The molecule has 6 heteroatoms. The molecule has 0 unspecified atom stereocenters. The number of benzene rings is 2. The average molecular weight is 366 g/mol. The Kier molecular flexibility index (Phi) is 6.08. The Morgan fingerprint density at radius 1 is 1.00 bits per heavy atom. The first-order valence-corrected chi connectivity index (χ1v) is 9.28. The van der Waals surface area contributed by atoms with Gasteiger partial charge in [0, 0.05) is 39.6 Å². The number of aromatic nitrogens is 2. The fourth-order valence-corrected chi connectivity index (χ4v) is 3.37. The highest BCUT2D eigenvalue weighted by Crippen LogP contribution is 2.12. The van der Waals surface area contributed by atoms with Gasteiger partial charge in [-0.1, -0.05) is 42.5 Å². The molecule has 27 heavy (non-hydrogen) atoms. The van der Waals surface area contributed by atoms with E-state index in [9.17, 15) is 9.59 Å². The fraction of sp³-hybridized carbons (Fsp3) is 0.333. The molecule has 3 aromatic rings. The summed E-state index contributed by atoms with van der Waals surface area (Å²) in [6.45, 7) is 1.95. The van der Waals surface area contributed by atoms with Crippen molar-refractivity contribution in [3.8, 4) is 0 Å². The number of aryl methyl sites for hydroxylation is 2. The number of nitrogens with two attached hydrogens (primary N) is 1. The molecular formula is C21H26N4O2. The minimum absolute atomic E-state index is 0.0243. The fourth-order valence-electron chi connectivity index (χ4n) is 3.37. The molecule has 0 atom stereocenters. The van der Waals surface area contributed by atoms with Crippen molar-refractivity contribution >= 4 is 16.9 Å². The molecule has 6 nitrogen and oxygen atoms in total. The summed E-state index contributed by atoms with van der Waals surface area (Å²) in [5, 5.41) is 0. The minimum Gasteiger partial charge on any atom is -0.341 e. The number of para-hydroxylation sites is 2. The lowest BCUT2D eigenvalue weighted by Gasteiger charge is -2.22. The number of carbonyl (C=O) groups excluding carboxylic acids is 1. The van der Waals surface area contributed by atoms with E-state index in [2.05, 4.69) is 12.1 Å². The zero-order chi connectivity index (χ0) is 19.2. The van der Waals surface area contributed by atoms with E-state index in [1.165, 1.54) is 5.56 Å². The summed E-state index contributed by atoms with van der Waals surface area (Å²) in [5.74, 6) is 0.0243. The molecule has 1 heterocycles. The van der Waals surface area contributed by atoms with Crippen LogP contribution in [0.4, 0.5) is 0 Å². The number of hydrogen-bond donors (Lipinski definition) is 1. The number of amides is 1. The second-order valence-corrected chi connectivity index (χ2v) is 6.64. The number of hydrogen-bond acceptors (Lipinski definition) is 3. The van der Waals surface area contributed by atoms with Gasteiger partial charge in [0.05, 0.1) is 11.0 Å². The summed E-state index contributed by atoms with van der Waals surface area (Å²) in [5.41, 5.74) is 8.51. The Morgan fingerprint density at radius 3 is 2.37 bits per heavy atom. The van der Waals surface area contributed by atoms with Gasteiger partial charge in [-0.15, -0.1) is 0 Å².